The van der Waals surface area contributed by atoms with Gasteiger partial charge >= 0.3 is 0 Å². The highest BCUT2D eigenvalue weighted by atomic mass is 16.1. The number of nitrogens with two attached hydrogens (primary N) is 2. The van der Waals surface area contributed by atoms with Crippen molar-refractivity contribution < 1.29 is 4.79 Å². The molecule has 0 saturated carbocycles. The smallest absolute Gasteiger partial charge is 0.267 e. The van der Waals surface area contributed by atoms with Crippen LogP contribution in [0.15, 0.2) is 66.7 Å². The first-order chi connectivity index (χ1) is 14.1. The summed E-state index contributed by atoms with van der Waals surface area (Å²) in [7, 11) is 0. The van der Waals surface area contributed by atoms with E-state index in [0.717, 1.165) is 27.2 Å². The standard InChI is InChI=1S/C23H23N5O/c24-10-11-27-23(29)21-12-16-8-9-17(22(25)26)13-20(16)28(21)14-18-6-3-5-15-4-1-2-7-19(15)18/h1-9,12-13H,10-11,14,24H2,(H3,25,26)(H,27,29). The number of nitrogens with zero attached hydrogens (tertiary/aromatic N) is 1. The van der Waals surface area contributed by atoms with E-state index in [-0.39, 0.29) is 11.7 Å². The Balaban J connectivity index is 1.88. The molecule has 0 fully saturated rings. The van der Waals surface area contributed by atoms with E-state index >= 15 is 0 Å². The van der Waals surface area contributed by atoms with Gasteiger partial charge in [0.1, 0.15) is 11.5 Å². The predicted octanol–water partition coefficient (Wildman–Crippen LogP) is 2.82. The van der Waals surface area contributed by atoms with Crippen LogP contribution in [0.1, 0.15) is 21.6 Å². The molecule has 4 rings (SSSR count). The molecule has 1 heterocycles. The molecule has 0 aliphatic heterocycles. The van der Waals surface area contributed by atoms with Crippen LogP contribution < -0.4 is 16.8 Å². The van der Waals surface area contributed by atoms with Crippen molar-refractivity contribution in [1.29, 1.82) is 5.41 Å². The van der Waals surface area contributed by atoms with Crippen molar-refractivity contribution in [2.45, 2.75) is 6.54 Å². The Morgan fingerprint density at radius 3 is 2.59 bits per heavy atom. The van der Waals surface area contributed by atoms with Gasteiger partial charge in [-0.15, -0.1) is 0 Å². The van der Waals surface area contributed by atoms with E-state index in [1.807, 2.05) is 41.0 Å². The number of hydrogen-bond donors (Lipinski definition) is 4. The number of benzene rings is 3. The molecule has 1 amide bonds. The number of amidine groups is 1. The Bertz CT molecular complexity index is 1220. The van der Waals surface area contributed by atoms with E-state index in [4.69, 9.17) is 16.9 Å². The van der Waals surface area contributed by atoms with Gasteiger partial charge in [0.05, 0.1) is 0 Å². The van der Waals surface area contributed by atoms with Crippen molar-refractivity contribution >= 4 is 33.4 Å². The van der Waals surface area contributed by atoms with Crippen LogP contribution >= 0.6 is 0 Å². The maximum Gasteiger partial charge on any atom is 0.267 e. The minimum absolute atomic E-state index is 0.000978. The zero-order valence-corrected chi connectivity index (χ0v) is 16.0. The van der Waals surface area contributed by atoms with E-state index in [9.17, 15) is 4.79 Å². The lowest BCUT2D eigenvalue weighted by atomic mass is 10.0. The zero-order chi connectivity index (χ0) is 20.4. The number of hydrogen-bond acceptors (Lipinski definition) is 3. The van der Waals surface area contributed by atoms with Crippen LogP contribution in [0.2, 0.25) is 0 Å². The molecule has 0 spiro atoms. The van der Waals surface area contributed by atoms with Gasteiger partial charge in [-0.2, -0.15) is 0 Å². The van der Waals surface area contributed by atoms with E-state index in [1.165, 1.54) is 0 Å². The summed E-state index contributed by atoms with van der Waals surface area (Å²) in [5, 5.41) is 13.8. The molecule has 4 aromatic rings. The van der Waals surface area contributed by atoms with Gasteiger partial charge in [0, 0.05) is 36.1 Å². The molecule has 1 aromatic heterocycles. The van der Waals surface area contributed by atoms with Gasteiger partial charge in [-0.1, -0.05) is 54.6 Å². The number of aromatic nitrogens is 1. The van der Waals surface area contributed by atoms with Crippen molar-refractivity contribution in [3.8, 4) is 0 Å². The Hall–Kier alpha value is -3.64. The van der Waals surface area contributed by atoms with Gasteiger partial charge in [-0.3, -0.25) is 10.2 Å². The first-order valence-corrected chi connectivity index (χ1v) is 9.51. The molecule has 6 nitrogen and oxygen atoms in total. The van der Waals surface area contributed by atoms with Gasteiger partial charge in [0.15, 0.2) is 0 Å². The SMILES string of the molecule is N=C(N)c1ccc2cc(C(=O)NCCN)n(Cc3cccc4ccccc34)c2c1. The molecule has 0 radical (unpaired) electrons. The monoisotopic (exact) mass is 385 g/mol. The number of carbonyl (C=O) groups is 1. The molecule has 29 heavy (non-hydrogen) atoms. The van der Waals surface area contributed by atoms with Crippen molar-refractivity contribution in [2.24, 2.45) is 11.5 Å². The average molecular weight is 385 g/mol. The summed E-state index contributed by atoms with van der Waals surface area (Å²) in [6.45, 7) is 1.31. The molecule has 3 aromatic carbocycles. The lowest BCUT2D eigenvalue weighted by Gasteiger charge is -2.13. The molecule has 0 bridgehead atoms. The summed E-state index contributed by atoms with van der Waals surface area (Å²) in [4.78, 5) is 12.8. The third-order valence-corrected chi connectivity index (χ3v) is 5.09. The third-order valence-electron chi connectivity index (χ3n) is 5.09. The minimum atomic E-state index is -0.170. The molecular weight excluding hydrogens is 362 g/mol. The summed E-state index contributed by atoms with van der Waals surface area (Å²) in [6, 6.07) is 21.8. The first kappa shape index (κ1) is 18.7. The molecule has 6 N–H and O–H groups in total. The van der Waals surface area contributed by atoms with E-state index in [0.29, 0.717) is 30.9 Å². The second-order valence-corrected chi connectivity index (χ2v) is 6.99. The zero-order valence-electron chi connectivity index (χ0n) is 16.0. The summed E-state index contributed by atoms with van der Waals surface area (Å²) in [5.41, 5.74) is 14.4. The maximum absolute atomic E-state index is 12.8. The summed E-state index contributed by atoms with van der Waals surface area (Å²) in [6.07, 6.45) is 0. The molecular formula is C23H23N5O. The molecule has 146 valence electrons. The Morgan fingerprint density at radius 1 is 1.00 bits per heavy atom. The lowest BCUT2D eigenvalue weighted by Crippen LogP contribution is -2.30. The van der Waals surface area contributed by atoms with Crippen molar-refractivity contribution in [1.82, 2.24) is 9.88 Å². The predicted molar refractivity (Wildman–Crippen MR) is 117 cm³/mol. The average Bonchev–Trinajstić information content (AvgIpc) is 3.10. The van der Waals surface area contributed by atoms with Gasteiger partial charge in [-0.25, -0.2) is 0 Å². The number of nitrogen functional groups attached to an aromatic ring is 1. The number of amides is 1. The highest BCUT2D eigenvalue weighted by Crippen LogP contribution is 2.26. The number of carbonyl (C=O) groups excluding carboxylic acids is 1. The van der Waals surface area contributed by atoms with Gasteiger partial charge in [0.2, 0.25) is 0 Å². The van der Waals surface area contributed by atoms with Crippen molar-refractivity contribution in [3.05, 3.63) is 83.6 Å². The third kappa shape index (κ3) is 3.58. The minimum Gasteiger partial charge on any atom is -0.384 e. The molecule has 0 aliphatic carbocycles. The van der Waals surface area contributed by atoms with Crippen LogP contribution in [0.25, 0.3) is 21.7 Å². The first-order valence-electron chi connectivity index (χ1n) is 9.51. The second kappa shape index (κ2) is 7.77. The molecule has 0 aliphatic rings. The van der Waals surface area contributed by atoms with Crippen molar-refractivity contribution in [2.75, 3.05) is 13.1 Å². The van der Waals surface area contributed by atoms with Crippen LogP contribution in [0, 0.1) is 5.41 Å². The Morgan fingerprint density at radius 2 is 1.79 bits per heavy atom. The fraction of sp³-hybridized carbons (Fsp3) is 0.130. The highest BCUT2D eigenvalue weighted by Gasteiger charge is 2.17. The van der Waals surface area contributed by atoms with Crippen LogP contribution in [0.5, 0.6) is 0 Å². The van der Waals surface area contributed by atoms with Crippen LogP contribution in [0.4, 0.5) is 0 Å². The highest BCUT2D eigenvalue weighted by molar-refractivity contribution is 6.02. The summed E-state index contributed by atoms with van der Waals surface area (Å²) < 4.78 is 1.98. The molecule has 0 atom stereocenters. The van der Waals surface area contributed by atoms with E-state index in [2.05, 4.69) is 29.6 Å². The van der Waals surface area contributed by atoms with Crippen LogP contribution in [0.3, 0.4) is 0 Å². The molecule has 0 saturated heterocycles. The van der Waals surface area contributed by atoms with Crippen LogP contribution in [-0.4, -0.2) is 29.4 Å². The molecule has 6 heteroatoms. The summed E-state index contributed by atoms with van der Waals surface area (Å²) >= 11 is 0. The second-order valence-electron chi connectivity index (χ2n) is 6.99. The number of nitrogens with one attached hydrogen (secondary N) is 2. The largest absolute Gasteiger partial charge is 0.384 e. The quantitative estimate of drug-likeness (QED) is 0.303. The topological polar surface area (TPSA) is 110 Å². The fourth-order valence-electron chi connectivity index (χ4n) is 3.66. The van der Waals surface area contributed by atoms with Gasteiger partial charge in [-0.05, 0) is 28.5 Å². The summed E-state index contributed by atoms with van der Waals surface area (Å²) in [5.74, 6) is -0.171. The fourth-order valence-corrected chi connectivity index (χ4v) is 3.66. The van der Waals surface area contributed by atoms with Crippen molar-refractivity contribution in [3.63, 3.8) is 0 Å². The van der Waals surface area contributed by atoms with Gasteiger partial charge < -0.3 is 21.4 Å². The van der Waals surface area contributed by atoms with E-state index < -0.39 is 0 Å². The number of fused-ring (bicyclic) bond motifs is 2. The Labute approximate surface area is 168 Å². The molecule has 0 unspecified atom stereocenters. The lowest BCUT2D eigenvalue weighted by molar-refractivity contribution is 0.0946. The van der Waals surface area contributed by atoms with E-state index in [1.54, 1.807) is 6.07 Å². The van der Waals surface area contributed by atoms with Crippen LogP contribution in [-0.2, 0) is 6.54 Å². The maximum atomic E-state index is 12.8. The number of rotatable bonds is 6. The Kier molecular flexibility index (Phi) is 5.01. The van der Waals surface area contributed by atoms with Gasteiger partial charge in [0.25, 0.3) is 5.91 Å². The normalized spacial score (nSPS) is 11.1.